The Balaban J connectivity index is 5.24. The number of aliphatic hydroxyl groups is 1. The van der Waals surface area contributed by atoms with E-state index in [0.29, 0.717) is 25.7 Å². The average Bonchev–Trinajstić information content (AvgIpc) is 0.908. The smallest absolute Gasteiger partial charge is 0.462 e. The van der Waals surface area contributed by atoms with Crippen molar-refractivity contribution in [3.8, 4) is 0 Å². The van der Waals surface area contributed by atoms with Gasteiger partial charge >= 0.3 is 39.5 Å². The van der Waals surface area contributed by atoms with Gasteiger partial charge in [0, 0.05) is 25.7 Å². The summed E-state index contributed by atoms with van der Waals surface area (Å²) >= 11 is 0. The Bertz CT molecular complexity index is 1980. The van der Waals surface area contributed by atoms with Crippen molar-refractivity contribution in [2.45, 2.75) is 477 Å². The number of carbonyl (C=O) groups is 4. The van der Waals surface area contributed by atoms with Crippen LogP contribution in [0.4, 0.5) is 0 Å². The molecule has 0 aliphatic heterocycles. The molecule has 0 aromatic carbocycles. The van der Waals surface area contributed by atoms with Gasteiger partial charge < -0.3 is 33.8 Å². The van der Waals surface area contributed by atoms with Gasteiger partial charge in [-0.3, -0.25) is 37.3 Å². The van der Waals surface area contributed by atoms with Gasteiger partial charge in [-0.25, -0.2) is 9.13 Å². The molecule has 0 saturated heterocycles. The zero-order valence-electron chi connectivity index (χ0n) is 68.2. The molecule has 0 bridgehead atoms. The Hall–Kier alpha value is -1.94. The van der Waals surface area contributed by atoms with Crippen LogP contribution >= 0.6 is 15.6 Å². The molecule has 0 radical (unpaired) electrons. The SMILES string of the molecule is CCCCCCCCCCCCCCCCCCCCCCC(=O)O[C@H](COC(=O)CCCCCCCCCCCCCCCCCCCCC)COP(=O)(O)OC[C@@H](O)COP(=O)(O)OC[C@@H](COC(=O)CCCCCCCCCCCCC)OC(=O)CCCCCCCCCCCCC(C)CC. The molecule has 0 amide bonds. The van der Waals surface area contributed by atoms with Crippen LogP contribution < -0.4 is 0 Å². The summed E-state index contributed by atoms with van der Waals surface area (Å²) in [5.41, 5.74) is 0. The summed E-state index contributed by atoms with van der Waals surface area (Å²) in [6.45, 7) is 7.38. The molecule has 618 valence electrons. The zero-order valence-corrected chi connectivity index (χ0v) is 70.0. The molecule has 0 aliphatic rings. The van der Waals surface area contributed by atoms with E-state index in [1.807, 2.05) is 0 Å². The number of unbranched alkanes of at least 4 members (excludes halogenated alkanes) is 56. The minimum atomic E-state index is -4.96. The highest BCUT2D eigenvalue weighted by atomic mass is 31.2. The van der Waals surface area contributed by atoms with E-state index < -0.39 is 97.5 Å². The van der Waals surface area contributed by atoms with Crippen molar-refractivity contribution in [3.05, 3.63) is 0 Å². The van der Waals surface area contributed by atoms with Gasteiger partial charge in [0.15, 0.2) is 12.2 Å². The quantitative estimate of drug-likeness (QED) is 0.0222. The van der Waals surface area contributed by atoms with Crippen LogP contribution in [0.25, 0.3) is 0 Å². The third kappa shape index (κ3) is 76.8. The van der Waals surface area contributed by atoms with Gasteiger partial charge in [0.2, 0.25) is 0 Å². The summed E-state index contributed by atoms with van der Waals surface area (Å²) in [5.74, 6) is -1.30. The summed E-state index contributed by atoms with van der Waals surface area (Å²) in [6.07, 6.45) is 70.7. The van der Waals surface area contributed by atoms with Crippen LogP contribution in [-0.2, 0) is 65.4 Å². The molecule has 0 aliphatic carbocycles. The summed E-state index contributed by atoms with van der Waals surface area (Å²) < 4.78 is 68.9. The molecule has 0 aromatic rings. The number of ether oxygens (including phenoxy) is 4. The minimum absolute atomic E-state index is 0.107. The van der Waals surface area contributed by atoms with Crippen LogP contribution in [0.15, 0.2) is 0 Å². The second-order valence-corrected chi connectivity index (χ2v) is 33.7. The van der Waals surface area contributed by atoms with Gasteiger partial charge in [-0.1, -0.05) is 407 Å². The Labute approximate surface area is 638 Å². The molecule has 17 nitrogen and oxygen atoms in total. The first-order valence-corrected chi connectivity index (χ1v) is 47.2. The fourth-order valence-electron chi connectivity index (χ4n) is 13.3. The van der Waals surface area contributed by atoms with E-state index in [4.69, 9.17) is 37.0 Å². The van der Waals surface area contributed by atoms with Gasteiger partial charge in [-0.05, 0) is 31.6 Å². The van der Waals surface area contributed by atoms with E-state index in [0.717, 1.165) is 95.8 Å². The monoisotopic (exact) mass is 1520 g/mol. The Morgan fingerprint density at radius 3 is 0.683 bits per heavy atom. The molecule has 104 heavy (non-hydrogen) atoms. The molecular formula is C85H166O17P2. The molecule has 0 rings (SSSR count). The topological polar surface area (TPSA) is 237 Å². The van der Waals surface area contributed by atoms with Crippen molar-refractivity contribution in [1.29, 1.82) is 0 Å². The second-order valence-electron chi connectivity index (χ2n) is 30.8. The summed E-state index contributed by atoms with van der Waals surface area (Å²) in [6, 6.07) is 0. The lowest BCUT2D eigenvalue weighted by molar-refractivity contribution is -0.161. The number of esters is 4. The van der Waals surface area contributed by atoms with Crippen molar-refractivity contribution in [2.24, 2.45) is 5.92 Å². The van der Waals surface area contributed by atoms with E-state index >= 15 is 0 Å². The maximum absolute atomic E-state index is 13.1. The van der Waals surface area contributed by atoms with E-state index in [1.165, 1.54) is 283 Å². The van der Waals surface area contributed by atoms with Gasteiger partial charge in [0.05, 0.1) is 26.4 Å². The average molecular weight is 1520 g/mol. The predicted molar refractivity (Wildman–Crippen MR) is 428 cm³/mol. The molecule has 6 atom stereocenters. The molecule has 0 spiro atoms. The number of phosphoric ester groups is 2. The summed E-state index contributed by atoms with van der Waals surface area (Å²) in [7, 11) is -9.92. The van der Waals surface area contributed by atoms with Gasteiger partial charge in [0.25, 0.3) is 0 Å². The molecule has 0 fully saturated rings. The second kappa shape index (κ2) is 77.8. The minimum Gasteiger partial charge on any atom is -0.462 e. The van der Waals surface area contributed by atoms with E-state index in [2.05, 4.69) is 34.6 Å². The molecule has 0 saturated carbocycles. The van der Waals surface area contributed by atoms with E-state index in [9.17, 15) is 43.2 Å². The fraction of sp³-hybridized carbons (Fsp3) is 0.953. The summed E-state index contributed by atoms with van der Waals surface area (Å²) in [5, 5.41) is 10.7. The lowest BCUT2D eigenvalue weighted by Crippen LogP contribution is -2.30. The molecule has 0 aromatic heterocycles. The van der Waals surface area contributed by atoms with Crippen molar-refractivity contribution in [1.82, 2.24) is 0 Å². The Kier molecular flexibility index (Phi) is 76.3. The van der Waals surface area contributed by atoms with Crippen LogP contribution in [0.3, 0.4) is 0 Å². The molecule has 3 unspecified atom stereocenters. The predicted octanol–water partition coefficient (Wildman–Crippen LogP) is 26.0. The highest BCUT2D eigenvalue weighted by molar-refractivity contribution is 7.47. The highest BCUT2D eigenvalue weighted by Gasteiger charge is 2.30. The van der Waals surface area contributed by atoms with E-state index in [-0.39, 0.29) is 25.7 Å². The molecular weight excluding hydrogens is 1350 g/mol. The van der Waals surface area contributed by atoms with Crippen molar-refractivity contribution in [2.75, 3.05) is 39.6 Å². The van der Waals surface area contributed by atoms with Crippen LogP contribution in [-0.4, -0.2) is 96.7 Å². The third-order valence-electron chi connectivity index (χ3n) is 20.4. The molecule has 19 heteroatoms. The van der Waals surface area contributed by atoms with Crippen LogP contribution in [0, 0.1) is 5.92 Å². The maximum Gasteiger partial charge on any atom is 0.472 e. The summed E-state index contributed by atoms with van der Waals surface area (Å²) in [4.78, 5) is 73.2. The van der Waals surface area contributed by atoms with E-state index in [1.54, 1.807) is 0 Å². The normalized spacial score (nSPS) is 14.0. The zero-order chi connectivity index (χ0) is 76.2. The van der Waals surface area contributed by atoms with Crippen molar-refractivity contribution in [3.63, 3.8) is 0 Å². The first kappa shape index (κ1) is 102. The van der Waals surface area contributed by atoms with Crippen LogP contribution in [0.1, 0.15) is 458 Å². The largest absolute Gasteiger partial charge is 0.472 e. The van der Waals surface area contributed by atoms with Crippen LogP contribution in [0.2, 0.25) is 0 Å². The van der Waals surface area contributed by atoms with Gasteiger partial charge in [0.1, 0.15) is 19.3 Å². The molecule has 0 heterocycles. The first-order chi connectivity index (χ1) is 50.6. The Morgan fingerprint density at radius 1 is 0.269 bits per heavy atom. The van der Waals surface area contributed by atoms with Gasteiger partial charge in [-0.15, -0.1) is 0 Å². The number of phosphoric acid groups is 2. The van der Waals surface area contributed by atoms with Crippen molar-refractivity contribution >= 4 is 39.5 Å². The maximum atomic E-state index is 13.1. The number of hydrogen-bond donors (Lipinski definition) is 3. The fourth-order valence-corrected chi connectivity index (χ4v) is 14.8. The highest BCUT2D eigenvalue weighted by Crippen LogP contribution is 2.45. The van der Waals surface area contributed by atoms with Gasteiger partial charge in [-0.2, -0.15) is 0 Å². The lowest BCUT2D eigenvalue weighted by atomic mass is 9.99. The number of rotatable bonds is 85. The number of aliphatic hydroxyl groups excluding tert-OH is 1. The first-order valence-electron chi connectivity index (χ1n) is 44.2. The number of hydrogen-bond acceptors (Lipinski definition) is 15. The van der Waals surface area contributed by atoms with Crippen molar-refractivity contribution < 1.29 is 80.2 Å². The number of carbonyl (C=O) groups excluding carboxylic acids is 4. The third-order valence-corrected chi connectivity index (χ3v) is 22.3. The van der Waals surface area contributed by atoms with Crippen LogP contribution in [0.5, 0.6) is 0 Å². The standard InChI is InChI=1S/C85H166O17P2/c1-6-10-13-16-19-22-25-27-29-31-33-35-37-39-41-44-50-55-60-65-70-84(89)101-80(75-96-83(88)69-64-59-54-49-43-40-38-36-34-32-30-28-26-23-20-17-14-11-7-2)76-99-103(91,92)97-72-79(86)73-98-104(93,94)100-77-81(74-95-82(87)68-63-58-53-48-42-24-21-18-15-12-8-3)102-85(90)71-66-61-56-51-46-45-47-52-57-62-67-78(5)9-4/h78-81,86H,6-77H2,1-5H3,(H,91,92)(H,93,94)/t78?,79-,80-,81-/m1/s1. The Morgan fingerprint density at radius 2 is 0.462 bits per heavy atom. The molecule has 3 N–H and O–H groups in total. The lowest BCUT2D eigenvalue weighted by Gasteiger charge is -2.21.